The van der Waals surface area contributed by atoms with E-state index < -0.39 is 0 Å². The summed E-state index contributed by atoms with van der Waals surface area (Å²) in [6.07, 6.45) is 2.40. The molecule has 0 aliphatic carbocycles. The third-order valence-electron chi connectivity index (χ3n) is 0.588. The average Bonchev–Trinajstić information content (AvgIpc) is 1.61. The molecule has 0 fully saturated rings. The Balaban J connectivity index is -0.000000125. The number of unbranched alkanes of at least 4 members (excludes halogenated alkanes) is 1. The summed E-state index contributed by atoms with van der Waals surface area (Å²) in [5, 5.41) is 1.19. The van der Waals surface area contributed by atoms with Crippen LogP contribution in [0.1, 0.15) is 15.7 Å². The molecule has 36 valence electrons. The summed E-state index contributed by atoms with van der Waals surface area (Å²) in [6.45, 7) is 0. The molecule has 0 spiro atoms. The van der Waals surface area contributed by atoms with E-state index in [9.17, 15) is 0 Å². The molecule has 0 heterocycles. The first-order valence-corrected chi connectivity index (χ1v) is 3.53. The van der Waals surface area contributed by atoms with Crippen molar-refractivity contribution < 1.29 is 2.85 Å². The van der Waals surface area contributed by atoms with Gasteiger partial charge in [-0.2, -0.15) is 0 Å². The van der Waals surface area contributed by atoms with Crippen molar-refractivity contribution in [1.82, 2.24) is 0 Å². The fourth-order valence-electron chi connectivity index (χ4n) is 0.239. The van der Waals surface area contributed by atoms with E-state index in [-0.39, 0.29) is 2.85 Å². The Morgan fingerprint density at radius 2 is 2.17 bits per heavy atom. The molecule has 0 saturated carbocycles. The van der Waals surface area contributed by atoms with Crippen LogP contribution in [0.15, 0.2) is 0 Å². The van der Waals surface area contributed by atoms with Crippen LogP contribution in [0.3, 0.4) is 0 Å². The SMILES string of the molecule is [Al+2][CH2]CCCCl.[H-].[H-]. The fraction of sp³-hybridized carbons (Fsp3) is 1.00. The Bertz CT molecular complexity index is 26.0. The van der Waals surface area contributed by atoms with Gasteiger partial charge in [-0.1, -0.05) is 0 Å². The first-order valence-electron chi connectivity index (χ1n) is 2.18. The third kappa shape index (κ3) is 4.82. The number of hydrogen-bond acceptors (Lipinski definition) is 0. The summed E-state index contributed by atoms with van der Waals surface area (Å²) in [5.74, 6) is 0.814. The summed E-state index contributed by atoms with van der Waals surface area (Å²) in [6, 6.07) is 0. The molecule has 0 aromatic rings. The van der Waals surface area contributed by atoms with Crippen LogP contribution in [0, 0.1) is 0 Å². The summed E-state index contributed by atoms with van der Waals surface area (Å²) in [7, 11) is 0. The summed E-state index contributed by atoms with van der Waals surface area (Å²) in [4.78, 5) is 0. The van der Waals surface area contributed by atoms with Gasteiger partial charge in [0.15, 0.2) is 0 Å². The maximum atomic E-state index is 5.37. The molecule has 0 aliphatic heterocycles. The minimum Gasteiger partial charge on any atom is -1.00 e. The summed E-state index contributed by atoms with van der Waals surface area (Å²) in [5.41, 5.74) is 0. The number of rotatable bonds is 3. The van der Waals surface area contributed by atoms with Crippen LogP contribution in [-0.2, 0) is 0 Å². The minimum absolute atomic E-state index is 0. The van der Waals surface area contributed by atoms with E-state index in [1.54, 1.807) is 0 Å². The van der Waals surface area contributed by atoms with Crippen molar-refractivity contribution >= 4 is 27.9 Å². The van der Waals surface area contributed by atoms with Crippen LogP contribution in [0.4, 0.5) is 0 Å². The summed E-state index contributed by atoms with van der Waals surface area (Å²) >= 11 is 8.04. The Hall–Kier alpha value is 0.822. The largest absolute Gasteiger partial charge is 1.00 e. The third-order valence-corrected chi connectivity index (χ3v) is 1.26. The second-order valence-electron chi connectivity index (χ2n) is 1.18. The molecule has 0 aliphatic rings. The van der Waals surface area contributed by atoms with Gasteiger partial charge in [0.2, 0.25) is 0 Å². The van der Waals surface area contributed by atoms with Gasteiger partial charge in [-0.15, -0.1) is 0 Å². The molecule has 0 N–H and O–H groups in total. The average molecular weight is 121 g/mol. The smallest absolute Gasteiger partial charge is 1.00 e. The molecule has 0 atom stereocenters. The van der Waals surface area contributed by atoms with Crippen molar-refractivity contribution in [3.63, 3.8) is 0 Å². The van der Waals surface area contributed by atoms with Crippen molar-refractivity contribution in [1.29, 1.82) is 0 Å². The van der Waals surface area contributed by atoms with Gasteiger partial charge >= 0.3 is 51.9 Å². The number of hydrogen-bond donors (Lipinski definition) is 0. The molecule has 2 heteroatoms. The van der Waals surface area contributed by atoms with Gasteiger partial charge in [-0.3, -0.25) is 0 Å². The molecule has 0 aromatic carbocycles. The maximum absolute atomic E-state index is 5.37. The molecule has 0 amide bonds. The number of alkyl halides is 1. The van der Waals surface area contributed by atoms with Gasteiger partial charge in [0.05, 0.1) is 0 Å². The molecule has 0 radical (unpaired) electrons. The van der Waals surface area contributed by atoms with Crippen molar-refractivity contribution in [2.75, 3.05) is 5.88 Å². The zero-order chi connectivity index (χ0) is 4.83. The van der Waals surface area contributed by atoms with Crippen LogP contribution in [0.5, 0.6) is 0 Å². The van der Waals surface area contributed by atoms with Crippen LogP contribution in [0.2, 0.25) is 5.28 Å². The zero-order valence-corrected chi connectivity index (χ0v) is 5.69. The monoisotopic (exact) mass is 120 g/mol. The Morgan fingerprint density at radius 1 is 1.50 bits per heavy atom. The van der Waals surface area contributed by atoms with Gasteiger partial charge in [-0.25, -0.2) is 0 Å². The zero-order valence-electron chi connectivity index (χ0n) is 5.78. The second kappa shape index (κ2) is 5.82. The van der Waals surface area contributed by atoms with E-state index in [1.807, 2.05) is 0 Å². The van der Waals surface area contributed by atoms with Crippen molar-refractivity contribution in [3.8, 4) is 0 Å². The standard InChI is InChI=1S/C4H8Cl.Al.2H/c1-2-3-4-5;;;/h1-4H2;;;/q;+2;2*-1. The first kappa shape index (κ1) is 6.82. The number of halogens is 1. The molecule has 0 rings (SSSR count). The molecule has 0 bridgehead atoms. The van der Waals surface area contributed by atoms with Gasteiger partial charge in [0, 0.05) is 0 Å². The molecule has 0 aromatic heterocycles. The van der Waals surface area contributed by atoms with Gasteiger partial charge in [-0.05, 0) is 0 Å². The van der Waals surface area contributed by atoms with Crippen LogP contribution in [-0.4, -0.2) is 22.2 Å². The maximum Gasteiger partial charge on any atom is -1.00 e. The molecule has 0 nitrogen and oxygen atoms in total. The van der Waals surface area contributed by atoms with Crippen molar-refractivity contribution in [2.45, 2.75) is 18.1 Å². The molecule has 0 saturated heterocycles. The Morgan fingerprint density at radius 3 is 2.33 bits per heavy atom. The van der Waals surface area contributed by atoms with E-state index in [4.69, 9.17) is 11.6 Å². The quantitative estimate of drug-likeness (QED) is 0.303. The molecule has 6 heavy (non-hydrogen) atoms. The van der Waals surface area contributed by atoms with E-state index in [0.717, 1.165) is 12.3 Å². The normalized spacial score (nSPS) is 9.17. The second-order valence-corrected chi connectivity index (χ2v) is 2.14. The van der Waals surface area contributed by atoms with Crippen LogP contribution >= 0.6 is 11.6 Å². The van der Waals surface area contributed by atoms with E-state index in [2.05, 4.69) is 16.3 Å². The van der Waals surface area contributed by atoms with Gasteiger partial charge in [0.25, 0.3) is 0 Å². The fourth-order valence-corrected chi connectivity index (χ4v) is 0.716. The van der Waals surface area contributed by atoms with E-state index in [0.29, 0.717) is 0 Å². The Kier molecular flexibility index (Phi) is 6.62. The predicted octanol–water partition coefficient (Wildman–Crippen LogP) is 1.82. The molecular formula is C4H10AlCl. The summed E-state index contributed by atoms with van der Waals surface area (Å²) < 4.78 is 0. The van der Waals surface area contributed by atoms with Gasteiger partial charge < -0.3 is 2.85 Å². The molecule has 0 unspecified atom stereocenters. The van der Waals surface area contributed by atoms with Crippen LogP contribution in [0.25, 0.3) is 0 Å². The minimum atomic E-state index is 0. The first-order chi connectivity index (χ1) is 2.91. The van der Waals surface area contributed by atoms with E-state index in [1.165, 1.54) is 11.7 Å². The Labute approximate surface area is 55.3 Å². The topological polar surface area (TPSA) is 0 Å². The molecular weight excluding hydrogens is 110 g/mol. The predicted molar refractivity (Wildman–Crippen MR) is 32.7 cm³/mol. The van der Waals surface area contributed by atoms with Crippen LogP contribution < -0.4 is 0 Å². The van der Waals surface area contributed by atoms with Crippen molar-refractivity contribution in [2.24, 2.45) is 0 Å². The van der Waals surface area contributed by atoms with Gasteiger partial charge in [0.1, 0.15) is 0 Å². The van der Waals surface area contributed by atoms with Crippen molar-refractivity contribution in [3.05, 3.63) is 0 Å². The van der Waals surface area contributed by atoms with E-state index >= 15 is 0 Å².